The summed E-state index contributed by atoms with van der Waals surface area (Å²) in [5, 5.41) is 2.62. The molecule has 0 bridgehead atoms. The predicted octanol–water partition coefficient (Wildman–Crippen LogP) is 0.924. The highest BCUT2D eigenvalue weighted by Crippen LogP contribution is 2.14. The predicted molar refractivity (Wildman–Crippen MR) is 64.1 cm³/mol. The maximum Gasteiger partial charge on any atom is 0.243 e. The van der Waals surface area contributed by atoms with Crippen LogP contribution in [0.5, 0.6) is 0 Å². The molecule has 1 N–H and O–H groups in total. The Morgan fingerprint density at radius 1 is 1.29 bits per heavy atom. The van der Waals surface area contributed by atoms with Gasteiger partial charge in [-0.05, 0) is 12.0 Å². The van der Waals surface area contributed by atoms with E-state index in [-0.39, 0.29) is 24.4 Å². The van der Waals surface area contributed by atoms with Crippen LogP contribution in [0.25, 0.3) is 0 Å². The molecular weight excluding hydrogens is 216 g/mol. The van der Waals surface area contributed by atoms with Crippen molar-refractivity contribution in [2.45, 2.75) is 25.9 Å². The lowest BCUT2D eigenvalue weighted by atomic mass is 10.1. The van der Waals surface area contributed by atoms with Crippen molar-refractivity contribution >= 4 is 11.8 Å². The van der Waals surface area contributed by atoms with E-state index in [1.807, 2.05) is 37.3 Å². The molecule has 4 nitrogen and oxygen atoms in total. The first-order chi connectivity index (χ1) is 8.22. The van der Waals surface area contributed by atoms with Gasteiger partial charge in [-0.3, -0.25) is 9.59 Å². The van der Waals surface area contributed by atoms with Crippen molar-refractivity contribution in [2.24, 2.45) is 0 Å². The molecule has 17 heavy (non-hydrogen) atoms. The third-order valence-electron chi connectivity index (χ3n) is 3.00. The van der Waals surface area contributed by atoms with Crippen LogP contribution >= 0.6 is 0 Å². The number of carbonyl (C=O) groups is 2. The number of piperazine rings is 1. The molecule has 1 saturated heterocycles. The molecule has 90 valence electrons. The second kappa shape index (κ2) is 4.99. The summed E-state index contributed by atoms with van der Waals surface area (Å²) in [7, 11) is 0. The Morgan fingerprint density at radius 2 is 2.00 bits per heavy atom. The summed E-state index contributed by atoms with van der Waals surface area (Å²) < 4.78 is 0. The van der Waals surface area contributed by atoms with Crippen molar-refractivity contribution in [1.29, 1.82) is 0 Å². The van der Waals surface area contributed by atoms with E-state index >= 15 is 0 Å². The average Bonchev–Trinajstić information content (AvgIpc) is 2.35. The second-order valence-corrected chi connectivity index (χ2v) is 4.15. The van der Waals surface area contributed by atoms with Gasteiger partial charge >= 0.3 is 0 Å². The minimum atomic E-state index is -0.337. The normalized spacial score (nSPS) is 20.3. The van der Waals surface area contributed by atoms with Crippen LogP contribution < -0.4 is 5.32 Å². The highest BCUT2D eigenvalue weighted by molar-refractivity contribution is 5.94. The minimum Gasteiger partial charge on any atom is -0.345 e. The molecular formula is C13H16N2O2. The molecule has 1 aliphatic rings. The van der Waals surface area contributed by atoms with Crippen LogP contribution in [0.3, 0.4) is 0 Å². The van der Waals surface area contributed by atoms with E-state index in [1.165, 1.54) is 0 Å². The number of rotatable bonds is 3. The van der Waals surface area contributed by atoms with Crippen molar-refractivity contribution < 1.29 is 9.59 Å². The van der Waals surface area contributed by atoms with Crippen LogP contribution in [-0.4, -0.2) is 29.3 Å². The molecule has 0 unspecified atom stereocenters. The van der Waals surface area contributed by atoms with Gasteiger partial charge in [-0.25, -0.2) is 0 Å². The molecule has 1 aromatic rings. The number of benzene rings is 1. The van der Waals surface area contributed by atoms with E-state index in [0.717, 1.165) is 5.56 Å². The van der Waals surface area contributed by atoms with Gasteiger partial charge in [0.15, 0.2) is 0 Å². The van der Waals surface area contributed by atoms with Crippen LogP contribution in [0.1, 0.15) is 18.9 Å². The van der Waals surface area contributed by atoms with Gasteiger partial charge in [0.05, 0.1) is 6.54 Å². The summed E-state index contributed by atoms with van der Waals surface area (Å²) >= 11 is 0. The van der Waals surface area contributed by atoms with E-state index in [0.29, 0.717) is 13.0 Å². The van der Waals surface area contributed by atoms with Crippen LogP contribution in [0.15, 0.2) is 30.3 Å². The van der Waals surface area contributed by atoms with Crippen molar-refractivity contribution in [3.63, 3.8) is 0 Å². The highest BCUT2D eigenvalue weighted by Gasteiger charge is 2.32. The van der Waals surface area contributed by atoms with E-state index in [9.17, 15) is 9.59 Å². The molecule has 0 radical (unpaired) electrons. The molecule has 4 heteroatoms. The number of nitrogens with zero attached hydrogens (tertiary/aromatic N) is 1. The van der Waals surface area contributed by atoms with Crippen molar-refractivity contribution in [3.05, 3.63) is 35.9 Å². The average molecular weight is 232 g/mol. The van der Waals surface area contributed by atoms with Gasteiger partial charge in [-0.2, -0.15) is 0 Å². The smallest absolute Gasteiger partial charge is 0.243 e. The second-order valence-electron chi connectivity index (χ2n) is 4.15. The van der Waals surface area contributed by atoms with Crippen LogP contribution in [0.4, 0.5) is 0 Å². The zero-order valence-electron chi connectivity index (χ0n) is 9.85. The molecule has 0 saturated carbocycles. The standard InChI is InChI=1S/C13H16N2O2/c1-2-11-13(17)14-8-12(16)15(11)9-10-6-4-3-5-7-10/h3-7,11H,2,8-9H2,1H3,(H,14,17)/t11-/m0/s1. The molecule has 0 aromatic heterocycles. The third-order valence-corrected chi connectivity index (χ3v) is 3.00. The largest absolute Gasteiger partial charge is 0.345 e. The van der Waals surface area contributed by atoms with Crippen molar-refractivity contribution in [1.82, 2.24) is 10.2 Å². The summed E-state index contributed by atoms with van der Waals surface area (Å²) in [6.07, 6.45) is 0.643. The molecule has 1 aliphatic heterocycles. The van der Waals surface area contributed by atoms with Crippen LogP contribution in [0.2, 0.25) is 0 Å². The van der Waals surface area contributed by atoms with Gasteiger partial charge in [0, 0.05) is 6.54 Å². The quantitative estimate of drug-likeness (QED) is 0.842. The molecule has 1 heterocycles. The number of hydrogen-bond donors (Lipinski definition) is 1. The third kappa shape index (κ3) is 2.46. The summed E-state index contributed by atoms with van der Waals surface area (Å²) in [6.45, 7) is 2.54. The fraction of sp³-hybridized carbons (Fsp3) is 0.385. The van der Waals surface area contributed by atoms with Crippen molar-refractivity contribution in [3.8, 4) is 0 Å². The summed E-state index contributed by atoms with van der Waals surface area (Å²) in [5.74, 6) is -0.0664. The monoisotopic (exact) mass is 232 g/mol. The molecule has 2 amide bonds. The zero-order chi connectivity index (χ0) is 12.3. The maximum absolute atomic E-state index is 11.8. The lowest BCUT2D eigenvalue weighted by Gasteiger charge is -2.34. The van der Waals surface area contributed by atoms with E-state index in [1.54, 1.807) is 4.90 Å². The fourth-order valence-electron chi connectivity index (χ4n) is 2.08. The first-order valence-electron chi connectivity index (χ1n) is 5.83. The van der Waals surface area contributed by atoms with E-state index < -0.39 is 0 Å². The molecule has 1 fully saturated rings. The Hall–Kier alpha value is -1.84. The van der Waals surface area contributed by atoms with Gasteiger partial charge in [-0.15, -0.1) is 0 Å². The van der Waals surface area contributed by atoms with Gasteiger partial charge < -0.3 is 10.2 Å². The summed E-state index contributed by atoms with van der Waals surface area (Å²) in [5.41, 5.74) is 1.05. The number of carbonyl (C=O) groups excluding carboxylic acids is 2. The molecule has 2 rings (SSSR count). The number of hydrogen-bond acceptors (Lipinski definition) is 2. The Bertz CT molecular complexity index is 417. The Balaban J connectivity index is 2.16. The summed E-state index contributed by atoms with van der Waals surface area (Å²) in [6, 6.07) is 9.40. The lowest BCUT2D eigenvalue weighted by molar-refractivity contribution is -0.146. The SMILES string of the molecule is CC[C@H]1C(=O)NCC(=O)N1Cc1ccccc1. The van der Waals surface area contributed by atoms with Crippen LogP contribution in [-0.2, 0) is 16.1 Å². The number of nitrogens with one attached hydrogen (secondary N) is 1. The topological polar surface area (TPSA) is 49.4 Å². The zero-order valence-corrected chi connectivity index (χ0v) is 9.85. The fourth-order valence-corrected chi connectivity index (χ4v) is 2.08. The van der Waals surface area contributed by atoms with Gasteiger partial charge in [0.25, 0.3) is 0 Å². The van der Waals surface area contributed by atoms with Crippen molar-refractivity contribution in [2.75, 3.05) is 6.54 Å². The number of amides is 2. The Labute approximate surface area is 101 Å². The lowest BCUT2D eigenvalue weighted by Crippen LogP contribution is -2.57. The van der Waals surface area contributed by atoms with E-state index in [2.05, 4.69) is 5.32 Å². The molecule has 1 aromatic carbocycles. The van der Waals surface area contributed by atoms with Gasteiger partial charge in [0.2, 0.25) is 11.8 Å². The summed E-state index contributed by atoms with van der Waals surface area (Å²) in [4.78, 5) is 25.2. The first kappa shape index (κ1) is 11.6. The molecule has 0 aliphatic carbocycles. The molecule has 0 spiro atoms. The first-order valence-corrected chi connectivity index (χ1v) is 5.83. The minimum absolute atomic E-state index is 0.0136. The van der Waals surface area contributed by atoms with Gasteiger partial charge in [-0.1, -0.05) is 37.3 Å². The van der Waals surface area contributed by atoms with E-state index in [4.69, 9.17) is 0 Å². The van der Waals surface area contributed by atoms with Gasteiger partial charge in [0.1, 0.15) is 6.04 Å². The highest BCUT2D eigenvalue weighted by atomic mass is 16.2. The Kier molecular flexibility index (Phi) is 3.42. The maximum atomic E-state index is 11.8. The molecule has 1 atom stereocenters. The Morgan fingerprint density at radius 3 is 2.65 bits per heavy atom. The van der Waals surface area contributed by atoms with Crippen LogP contribution in [0, 0.1) is 0 Å².